The normalized spacial score (nSPS) is 15.5. The van der Waals surface area contributed by atoms with E-state index in [2.05, 4.69) is 0 Å². The van der Waals surface area contributed by atoms with Gasteiger partial charge in [0.2, 0.25) is 10.6 Å². The molecule has 0 fully saturated rings. The lowest BCUT2D eigenvalue weighted by atomic mass is 9.83. The topological polar surface area (TPSA) is 122 Å². The van der Waals surface area contributed by atoms with E-state index < -0.39 is 16.8 Å². The fourth-order valence-electron chi connectivity index (χ4n) is 3.46. The number of rotatable bonds is 3. The van der Waals surface area contributed by atoms with Crippen LogP contribution >= 0.6 is 22.9 Å². The van der Waals surface area contributed by atoms with Gasteiger partial charge in [-0.1, -0.05) is 41.1 Å². The summed E-state index contributed by atoms with van der Waals surface area (Å²) in [6.07, 6.45) is 0. The second kappa shape index (κ2) is 7.43. The number of ether oxygens (including phenoxy) is 2. The average molecular weight is 445 g/mol. The fraction of sp³-hybridized carbons (Fsp3) is 0.100. The van der Waals surface area contributed by atoms with Crippen molar-refractivity contribution in [2.75, 3.05) is 7.11 Å². The van der Waals surface area contributed by atoms with Gasteiger partial charge in [-0.15, -0.1) is 0 Å². The molecule has 2 aromatic carbocycles. The second-order valence-electron chi connectivity index (χ2n) is 6.40. The zero-order valence-corrected chi connectivity index (χ0v) is 17.0. The number of carbonyl (C=O) groups excluding carboxylic acids is 1. The first kappa shape index (κ1) is 19.9. The van der Waals surface area contributed by atoms with E-state index in [-0.39, 0.29) is 38.2 Å². The van der Waals surface area contributed by atoms with Crippen LogP contribution in [0.1, 0.15) is 17.0 Å². The third kappa shape index (κ3) is 3.08. The van der Waals surface area contributed by atoms with Crippen LogP contribution in [-0.4, -0.2) is 18.0 Å². The van der Waals surface area contributed by atoms with E-state index in [4.69, 9.17) is 26.8 Å². The first-order valence-corrected chi connectivity index (χ1v) is 9.78. The minimum atomic E-state index is -0.965. The van der Waals surface area contributed by atoms with Gasteiger partial charge in [0.05, 0.1) is 23.5 Å². The first-order chi connectivity index (χ1) is 14.3. The summed E-state index contributed by atoms with van der Waals surface area (Å²) < 4.78 is 10.9. The molecule has 1 aromatic heterocycles. The first-order valence-electron chi connectivity index (χ1n) is 8.58. The number of nitro benzene ring substituents is 1. The smallest absolute Gasteiger partial charge is 0.340 e. The quantitative estimate of drug-likeness (QED) is 0.371. The lowest BCUT2D eigenvalue weighted by Crippen LogP contribution is -2.30. The maximum Gasteiger partial charge on any atom is 0.340 e. The molecule has 30 heavy (non-hydrogen) atoms. The summed E-state index contributed by atoms with van der Waals surface area (Å²) in [6.45, 7) is 0. The van der Waals surface area contributed by atoms with E-state index in [0.717, 1.165) is 11.3 Å². The number of benzene rings is 2. The van der Waals surface area contributed by atoms with E-state index in [1.54, 1.807) is 24.3 Å². The van der Waals surface area contributed by atoms with Crippen molar-refractivity contribution in [1.82, 2.24) is 0 Å². The molecular formula is C20H13ClN2O6S. The molecule has 1 aliphatic rings. The lowest BCUT2D eigenvalue weighted by Gasteiger charge is -2.28. The Morgan fingerprint density at radius 2 is 2.03 bits per heavy atom. The molecule has 1 atom stereocenters. The van der Waals surface area contributed by atoms with Gasteiger partial charge >= 0.3 is 5.97 Å². The van der Waals surface area contributed by atoms with Gasteiger partial charge in [-0.3, -0.25) is 14.9 Å². The number of nitrogens with two attached hydrogens (primary N) is 1. The number of hydrogen-bond acceptors (Lipinski definition) is 8. The zero-order chi connectivity index (χ0) is 21.6. The molecular weight excluding hydrogens is 432 g/mol. The summed E-state index contributed by atoms with van der Waals surface area (Å²) in [5.41, 5.74) is 6.27. The Bertz CT molecular complexity index is 1320. The maximum absolute atomic E-state index is 13.1. The van der Waals surface area contributed by atoms with Crippen LogP contribution in [0, 0.1) is 10.1 Å². The molecule has 0 saturated heterocycles. The van der Waals surface area contributed by atoms with Crippen LogP contribution in [0.15, 0.2) is 58.7 Å². The molecule has 0 amide bonds. The summed E-state index contributed by atoms with van der Waals surface area (Å²) in [4.78, 5) is 36.1. The van der Waals surface area contributed by atoms with Gasteiger partial charge in [-0.05, 0) is 23.8 Å². The predicted molar refractivity (Wildman–Crippen MR) is 112 cm³/mol. The molecule has 0 bridgehead atoms. The Kier molecular flexibility index (Phi) is 4.92. The summed E-state index contributed by atoms with van der Waals surface area (Å²) in [7, 11) is 1.18. The Morgan fingerprint density at radius 3 is 2.70 bits per heavy atom. The molecule has 2 N–H and O–H groups in total. The Labute approximate surface area is 178 Å². The van der Waals surface area contributed by atoms with Gasteiger partial charge in [0, 0.05) is 16.2 Å². The van der Waals surface area contributed by atoms with Crippen LogP contribution in [0.4, 0.5) is 5.69 Å². The number of methoxy groups -OCH3 is 1. The van der Waals surface area contributed by atoms with Crippen molar-refractivity contribution in [3.63, 3.8) is 0 Å². The van der Waals surface area contributed by atoms with Crippen LogP contribution in [0.5, 0.6) is 5.75 Å². The van der Waals surface area contributed by atoms with Gasteiger partial charge in [-0.25, -0.2) is 4.79 Å². The molecule has 4 rings (SSSR count). The number of nitrogens with zero attached hydrogens (tertiary/aromatic N) is 1. The summed E-state index contributed by atoms with van der Waals surface area (Å²) in [5, 5.41) is 11.6. The van der Waals surface area contributed by atoms with Crippen LogP contribution in [0.3, 0.4) is 0 Å². The van der Waals surface area contributed by atoms with Crippen LogP contribution in [0.2, 0.25) is 5.02 Å². The van der Waals surface area contributed by atoms with Crippen molar-refractivity contribution in [3.8, 4) is 5.75 Å². The highest BCUT2D eigenvalue weighted by Crippen LogP contribution is 2.45. The highest BCUT2D eigenvalue weighted by Gasteiger charge is 2.38. The molecule has 1 aliphatic heterocycles. The van der Waals surface area contributed by atoms with Crippen LogP contribution < -0.4 is 15.2 Å². The third-order valence-corrected chi connectivity index (χ3v) is 6.04. The van der Waals surface area contributed by atoms with E-state index in [1.807, 2.05) is 0 Å². The van der Waals surface area contributed by atoms with Crippen LogP contribution in [0.25, 0.3) is 10.1 Å². The van der Waals surface area contributed by atoms with E-state index >= 15 is 0 Å². The van der Waals surface area contributed by atoms with E-state index in [9.17, 15) is 19.7 Å². The number of halogens is 1. The largest absolute Gasteiger partial charge is 0.465 e. The molecule has 8 nitrogen and oxygen atoms in total. The molecule has 10 heteroatoms. The molecule has 3 aromatic rings. The summed E-state index contributed by atoms with van der Waals surface area (Å²) in [5.74, 6) is -1.73. The van der Waals surface area contributed by atoms with Crippen molar-refractivity contribution in [2.45, 2.75) is 5.92 Å². The minimum Gasteiger partial charge on any atom is -0.465 e. The zero-order valence-electron chi connectivity index (χ0n) is 15.4. The van der Waals surface area contributed by atoms with E-state index in [1.165, 1.54) is 25.3 Å². The molecule has 2 heterocycles. The average Bonchev–Trinajstić information content (AvgIpc) is 2.72. The van der Waals surface area contributed by atoms with Crippen molar-refractivity contribution in [2.24, 2.45) is 5.73 Å². The maximum atomic E-state index is 13.1. The van der Waals surface area contributed by atoms with Gasteiger partial charge < -0.3 is 15.2 Å². The Hall–Kier alpha value is -3.43. The molecule has 152 valence electrons. The van der Waals surface area contributed by atoms with Gasteiger partial charge in [-0.2, -0.15) is 0 Å². The number of carbonyl (C=O) groups is 1. The lowest BCUT2D eigenvalue weighted by molar-refractivity contribution is -0.384. The summed E-state index contributed by atoms with van der Waals surface area (Å²) >= 11 is 7.09. The van der Waals surface area contributed by atoms with Crippen molar-refractivity contribution in [1.29, 1.82) is 0 Å². The second-order valence-corrected chi connectivity index (χ2v) is 7.82. The van der Waals surface area contributed by atoms with Gasteiger partial charge in [0.25, 0.3) is 5.69 Å². The third-order valence-electron chi connectivity index (χ3n) is 4.76. The monoisotopic (exact) mass is 444 g/mol. The molecule has 0 radical (unpaired) electrons. The van der Waals surface area contributed by atoms with Crippen LogP contribution in [-0.2, 0) is 9.53 Å². The SMILES string of the molecule is COC(=O)C1=C(N)Oc2c(c(=O)sc3ccccc23)[C@H]1c1ccc([N+](=O)[O-])c(Cl)c1. The Morgan fingerprint density at radius 1 is 1.30 bits per heavy atom. The Balaban J connectivity index is 2.05. The van der Waals surface area contributed by atoms with Gasteiger partial charge in [0.15, 0.2) is 0 Å². The minimum absolute atomic E-state index is 0.0745. The van der Waals surface area contributed by atoms with Crippen molar-refractivity contribution < 1.29 is 19.2 Å². The summed E-state index contributed by atoms with van der Waals surface area (Å²) in [6, 6.07) is 11.1. The standard InChI is InChI=1S/C20H13ClN2O6S/c1-28-19(24)16-14(9-6-7-12(23(26)27)11(21)8-9)15-17(29-18(16)22)10-4-2-3-5-13(10)30-20(15)25/h2-8,14H,22H2,1H3/t14-/m1/s1. The number of hydrogen-bond donors (Lipinski definition) is 1. The fourth-order valence-corrected chi connectivity index (χ4v) is 4.65. The van der Waals surface area contributed by atoms with Crippen molar-refractivity contribution >= 4 is 44.7 Å². The van der Waals surface area contributed by atoms with Crippen molar-refractivity contribution in [3.05, 3.63) is 89.7 Å². The van der Waals surface area contributed by atoms with Gasteiger partial charge in [0.1, 0.15) is 16.3 Å². The molecule has 0 spiro atoms. The highest BCUT2D eigenvalue weighted by atomic mass is 35.5. The van der Waals surface area contributed by atoms with E-state index in [0.29, 0.717) is 15.6 Å². The molecule has 0 unspecified atom stereocenters. The molecule has 0 saturated carbocycles. The predicted octanol–water partition coefficient (Wildman–Crippen LogP) is 3.69. The number of esters is 1. The number of fused-ring (bicyclic) bond motifs is 3. The molecule has 0 aliphatic carbocycles. The highest BCUT2D eigenvalue weighted by molar-refractivity contribution is 7.16. The number of nitro groups is 1.